The van der Waals surface area contributed by atoms with E-state index in [1.807, 2.05) is 23.8 Å². The van der Waals surface area contributed by atoms with Crippen molar-refractivity contribution >= 4 is 27.1 Å². The molecule has 0 radical (unpaired) electrons. The molecule has 1 aromatic rings. The molecule has 2 saturated heterocycles. The van der Waals surface area contributed by atoms with Gasteiger partial charge in [0.2, 0.25) is 5.91 Å². The highest BCUT2D eigenvalue weighted by atomic mass is 32.2. The summed E-state index contributed by atoms with van der Waals surface area (Å²) in [7, 11) is -3.02. The third kappa shape index (κ3) is 2.49. The smallest absolute Gasteiger partial charge is 0.241 e. The Kier molecular flexibility index (Phi) is 3.60. The van der Waals surface area contributed by atoms with E-state index in [1.165, 1.54) is 0 Å². The molecule has 0 aliphatic carbocycles. The van der Waals surface area contributed by atoms with Crippen LogP contribution < -0.4 is 5.32 Å². The Bertz CT molecular complexity index is 597. The van der Waals surface area contributed by atoms with Gasteiger partial charge in [-0.2, -0.15) is 11.3 Å². The molecule has 0 spiro atoms. The molecule has 1 amide bonds. The number of rotatable bonds is 2. The summed E-state index contributed by atoms with van der Waals surface area (Å²) in [4.78, 5) is 14.1. The van der Waals surface area contributed by atoms with E-state index >= 15 is 0 Å². The summed E-state index contributed by atoms with van der Waals surface area (Å²) in [5, 5.41) is 7.25. The van der Waals surface area contributed by atoms with E-state index in [4.69, 9.17) is 0 Å². The highest BCUT2D eigenvalue weighted by Gasteiger charge is 2.43. The fourth-order valence-electron chi connectivity index (χ4n) is 3.04. The largest absolute Gasteiger partial charge is 0.318 e. The SMILES string of the molecule is CC1NC(c2ccsc2)N(C2CCCS(=O)(=O)C2)C1=O. The molecule has 3 rings (SSSR count). The molecule has 110 valence electrons. The zero-order chi connectivity index (χ0) is 14.3. The molecule has 2 aliphatic heterocycles. The highest BCUT2D eigenvalue weighted by Crippen LogP contribution is 2.32. The van der Waals surface area contributed by atoms with Gasteiger partial charge in [-0.25, -0.2) is 8.42 Å². The number of hydrogen-bond donors (Lipinski definition) is 1. The van der Waals surface area contributed by atoms with Crippen molar-refractivity contribution in [1.29, 1.82) is 0 Å². The first-order chi connectivity index (χ1) is 9.48. The predicted octanol–water partition coefficient (Wildman–Crippen LogP) is 1.14. The van der Waals surface area contributed by atoms with Crippen molar-refractivity contribution in [2.75, 3.05) is 11.5 Å². The van der Waals surface area contributed by atoms with Gasteiger partial charge in [-0.1, -0.05) is 0 Å². The second kappa shape index (κ2) is 5.13. The fraction of sp³-hybridized carbons (Fsp3) is 0.615. The standard InChI is InChI=1S/C13H18N2O3S2/c1-9-13(16)15(11-3-2-6-20(17,18)8-11)12(14-9)10-4-5-19-7-10/h4-5,7,9,11-12,14H,2-3,6,8H2,1H3. The van der Waals surface area contributed by atoms with Crippen LogP contribution in [0.3, 0.4) is 0 Å². The fourth-order valence-corrected chi connectivity index (χ4v) is 5.40. The molecular weight excluding hydrogens is 296 g/mol. The average Bonchev–Trinajstić information content (AvgIpc) is 2.98. The van der Waals surface area contributed by atoms with Crippen LogP contribution in [0.5, 0.6) is 0 Å². The maximum atomic E-state index is 12.4. The minimum Gasteiger partial charge on any atom is -0.318 e. The first-order valence-corrected chi connectivity index (χ1v) is 9.55. The first kappa shape index (κ1) is 14.0. The lowest BCUT2D eigenvalue weighted by Gasteiger charge is -2.34. The number of nitrogens with zero attached hydrogens (tertiary/aromatic N) is 1. The van der Waals surface area contributed by atoms with Crippen LogP contribution in [0, 0.1) is 0 Å². The van der Waals surface area contributed by atoms with E-state index in [1.54, 1.807) is 16.2 Å². The van der Waals surface area contributed by atoms with Gasteiger partial charge in [-0.05, 0) is 42.2 Å². The summed E-state index contributed by atoms with van der Waals surface area (Å²) in [6.07, 6.45) is 1.21. The van der Waals surface area contributed by atoms with Crippen molar-refractivity contribution in [2.24, 2.45) is 0 Å². The first-order valence-electron chi connectivity index (χ1n) is 6.79. The van der Waals surface area contributed by atoms with Gasteiger partial charge in [0.15, 0.2) is 9.84 Å². The number of hydrogen-bond acceptors (Lipinski definition) is 5. The van der Waals surface area contributed by atoms with Crippen molar-refractivity contribution < 1.29 is 13.2 Å². The van der Waals surface area contributed by atoms with Gasteiger partial charge >= 0.3 is 0 Å². The molecule has 1 aromatic heterocycles. The molecule has 3 heterocycles. The molecular formula is C13H18N2O3S2. The van der Waals surface area contributed by atoms with Crippen molar-refractivity contribution in [1.82, 2.24) is 10.2 Å². The molecule has 7 heteroatoms. The van der Waals surface area contributed by atoms with E-state index < -0.39 is 9.84 Å². The van der Waals surface area contributed by atoms with E-state index in [2.05, 4.69) is 5.32 Å². The predicted molar refractivity (Wildman–Crippen MR) is 78.2 cm³/mol. The quantitative estimate of drug-likeness (QED) is 0.889. The maximum Gasteiger partial charge on any atom is 0.241 e. The average molecular weight is 314 g/mol. The van der Waals surface area contributed by atoms with E-state index in [0.29, 0.717) is 6.42 Å². The van der Waals surface area contributed by atoms with Crippen LogP contribution in [-0.4, -0.2) is 42.8 Å². The summed E-state index contributed by atoms with van der Waals surface area (Å²) >= 11 is 1.58. The Morgan fingerprint density at radius 3 is 2.90 bits per heavy atom. The second-order valence-corrected chi connectivity index (χ2v) is 8.51. The zero-order valence-corrected chi connectivity index (χ0v) is 12.9. The summed E-state index contributed by atoms with van der Waals surface area (Å²) in [5.41, 5.74) is 1.04. The topological polar surface area (TPSA) is 66.5 Å². The summed E-state index contributed by atoms with van der Waals surface area (Å²) in [6.45, 7) is 1.83. The van der Waals surface area contributed by atoms with Crippen molar-refractivity contribution in [3.8, 4) is 0 Å². The zero-order valence-electron chi connectivity index (χ0n) is 11.3. The number of carbonyl (C=O) groups excluding carboxylic acids is 1. The minimum atomic E-state index is -3.02. The van der Waals surface area contributed by atoms with Crippen LogP contribution in [0.15, 0.2) is 16.8 Å². The molecule has 5 nitrogen and oxygen atoms in total. The number of thiophene rings is 1. The molecule has 2 aliphatic rings. The van der Waals surface area contributed by atoms with E-state index in [9.17, 15) is 13.2 Å². The van der Waals surface area contributed by atoms with Crippen molar-refractivity contribution in [2.45, 2.75) is 38.0 Å². The molecule has 0 saturated carbocycles. The van der Waals surface area contributed by atoms with Gasteiger partial charge in [-0.15, -0.1) is 0 Å². The molecule has 0 bridgehead atoms. The van der Waals surface area contributed by atoms with Gasteiger partial charge in [0.25, 0.3) is 0 Å². The number of nitrogens with one attached hydrogen (secondary N) is 1. The Hall–Kier alpha value is -0.920. The lowest BCUT2D eigenvalue weighted by atomic mass is 10.1. The molecule has 2 fully saturated rings. The van der Waals surface area contributed by atoms with E-state index in [-0.39, 0.29) is 35.7 Å². The van der Waals surface area contributed by atoms with Gasteiger partial charge in [-0.3, -0.25) is 10.1 Å². The molecule has 1 N–H and O–H groups in total. The Labute approximate surface area is 122 Å². The second-order valence-electron chi connectivity index (χ2n) is 5.50. The lowest BCUT2D eigenvalue weighted by Crippen LogP contribution is -2.46. The van der Waals surface area contributed by atoms with Crippen LogP contribution >= 0.6 is 11.3 Å². The Morgan fingerprint density at radius 1 is 1.45 bits per heavy atom. The van der Waals surface area contributed by atoms with Crippen LogP contribution in [0.25, 0.3) is 0 Å². The molecule has 20 heavy (non-hydrogen) atoms. The van der Waals surface area contributed by atoms with Crippen LogP contribution in [0.1, 0.15) is 31.5 Å². The third-order valence-corrected chi connectivity index (χ3v) is 6.51. The van der Waals surface area contributed by atoms with Gasteiger partial charge in [0.1, 0.15) is 6.17 Å². The van der Waals surface area contributed by atoms with Crippen LogP contribution in [-0.2, 0) is 14.6 Å². The normalized spacial score (nSPS) is 33.5. The third-order valence-electron chi connectivity index (χ3n) is 4.00. The van der Waals surface area contributed by atoms with Gasteiger partial charge < -0.3 is 4.90 Å². The van der Waals surface area contributed by atoms with Gasteiger partial charge in [0.05, 0.1) is 17.5 Å². The van der Waals surface area contributed by atoms with Crippen LogP contribution in [0.4, 0.5) is 0 Å². The highest BCUT2D eigenvalue weighted by molar-refractivity contribution is 7.91. The molecule has 3 atom stereocenters. The van der Waals surface area contributed by atoms with Gasteiger partial charge in [0, 0.05) is 6.04 Å². The number of sulfone groups is 1. The molecule has 3 unspecified atom stereocenters. The Balaban J connectivity index is 1.90. The molecule has 0 aromatic carbocycles. The minimum absolute atomic E-state index is 0.00306. The lowest BCUT2D eigenvalue weighted by molar-refractivity contribution is -0.131. The number of carbonyl (C=O) groups is 1. The summed E-state index contributed by atoms with van der Waals surface area (Å²) in [5.74, 6) is 0.342. The van der Waals surface area contributed by atoms with Crippen molar-refractivity contribution in [3.63, 3.8) is 0 Å². The number of amides is 1. The summed E-state index contributed by atoms with van der Waals surface area (Å²) < 4.78 is 23.7. The monoisotopic (exact) mass is 314 g/mol. The summed E-state index contributed by atoms with van der Waals surface area (Å²) in [6, 6.07) is 1.52. The van der Waals surface area contributed by atoms with E-state index in [0.717, 1.165) is 12.0 Å². The maximum absolute atomic E-state index is 12.4. The van der Waals surface area contributed by atoms with Crippen molar-refractivity contribution in [3.05, 3.63) is 22.4 Å². The van der Waals surface area contributed by atoms with Crippen LogP contribution in [0.2, 0.25) is 0 Å². The Morgan fingerprint density at radius 2 is 2.25 bits per heavy atom.